The SMILES string of the molecule is O=C(CC1CCNCC1)N[C@@H](C(=O)O)c1ccccc1. The quantitative estimate of drug-likeness (QED) is 0.758. The minimum absolute atomic E-state index is 0.187. The Labute approximate surface area is 118 Å². The van der Waals surface area contributed by atoms with Crippen LogP contribution in [0.5, 0.6) is 0 Å². The van der Waals surface area contributed by atoms with Gasteiger partial charge >= 0.3 is 5.97 Å². The van der Waals surface area contributed by atoms with Gasteiger partial charge in [0.2, 0.25) is 5.91 Å². The van der Waals surface area contributed by atoms with Gasteiger partial charge < -0.3 is 15.7 Å². The molecule has 3 N–H and O–H groups in total. The molecular weight excluding hydrogens is 256 g/mol. The van der Waals surface area contributed by atoms with E-state index in [2.05, 4.69) is 10.6 Å². The molecule has 1 aliphatic rings. The molecule has 1 aromatic rings. The third-order valence-electron chi connectivity index (χ3n) is 3.62. The Kier molecular flexibility index (Phi) is 5.12. The van der Waals surface area contributed by atoms with Crippen molar-refractivity contribution in [2.24, 2.45) is 5.92 Å². The average Bonchev–Trinajstić information content (AvgIpc) is 2.46. The Morgan fingerprint density at radius 3 is 2.50 bits per heavy atom. The van der Waals surface area contributed by atoms with Crippen LogP contribution in [0.1, 0.15) is 30.9 Å². The van der Waals surface area contributed by atoms with Gasteiger partial charge in [-0.05, 0) is 37.4 Å². The lowest BCUT2D eigenvalue weighted by Gasteiger charge is -2.23. The van der Waals surface area contributed by atoms with Gasteiger partial charge in [0.05, 0.1) is 0 Å². The number of hydrogen-bond donors (Lipinski definition) is 3. The summed E-state index contributed by atoms with van der Waals surface area (Å²) in [5, 5.41) is 15.1. The third kappa shape index (κ3) is 4.06. The second kappa shape index (κ2) is 7.05. The summed E-state index contributed by atoms with van der Waals surface area (Å²) in [5.74, 6) is -0.871. The third-order valence-corrected chi connectivity index (χ3v) is 3.62. The number of piperidine rings is 1. The van der Waals surface area contributed by atoms with Gasteiger partial charge in [-0.2, -0.15) is 0 Å². The first-order chi connectivity index (χ1) is 9.66. The molecule has 20 heavy (non-hydrogen) atoms. The first kappa shape index (κ1) is 14.5. The summed E-state index contributed by atoms with van der Waals surface area (Å²) in [6.07, 6.45) is 2.34. The molecule has 0 radical (unpaired) electrons. The molecule has 1 fully saturated rings. The fraction of sp³-hybridized carbons (Fsp3) is 0.467. The Bertz CT molecular complexity index is 455. The van der Waals surface area contributed by atoms with Gasteiger partial charge in [-0.25, -0.2) is 4.79 Å². The van der Waals surface area contributed by atoms with Gasteiger partial charge in [-0.3, -0.25) is 4.79 Å². The van der Waals surface area contributed by atoms with Crippen molar-refractivity contribution in [1.82, 2.24) is 10.6 Å². The maximum atomic E-state index is 12.0. The number of carboxylic acids is 1. The standard InChI is InChI=1S/C15H20N2O3/c18-13(10-11-6-8-16-9-7-11)17-14(15(19)20)12-4-2-1-3-5-12/h1-5,11,14,16H,6-10H2,(H,17,18)(H,19,20)/t14-/m1/s1. The Morgan fingerprint density at radius 1 is 1.25 bits per heavy atom. The lowest BCUT2D eigenvalue weighted by Crippen LogP contribution is -2.36. The van der Waals surface area contributed by atoms with E-state index < -0.39 is 12.0 Å². The maximum Gasteiger partial charge on any atom is 0.330 e. The van der Waals surface area contributed by atoms with E-state index in [0.29, 0.717) is 17.9 Å². The number of carboxylic acid groups (broad SMARTS) is 1. The van der Waals surface area contributed by atoms with E-state index in [-0.39, 0.29) is 5.91 Å². The van der Waals surface area contributed by atoms with Gasteiger partial charge in [0.1, 0.15) is 0 Å². The molecule has 1 atom stereocenters. The summed E-state index contributed by atoms with van der Waals surface area (Å²) in [7, 11) is 0. The van der Waals surface area contributed by atoms with Gasteiger partial charge in [0.15, 0.2) is 6.04 Å². The van der Waals surface area contributed by atoms with E-state index in [1.165, 1.54) is 0 Å². The van der Waals surface area contributed by atoms with Crippen molar-refractivity contribution in [3.63, 3.8) is 0 Å². The van der Waals surface area contributed by atoms with E-state index in [9.17, 15) is 14.7 Å². The van der Waals surface area contributed by atoms with Crippen LogP contribution in [0, 0.1) is 5.92 Å². The van der Waals surface area contributed by atoms with Crippen LogP contribution in [0.4, 0.5) is 0 Å². The smallest absolute Gasteiger partial charge is 0.330 e. The fourth-order valence-electron chi connectivity index (χ4n) is 2.50. The minimum Gasteiger partial charge on any atom is -0.479 e. The highest BCUT2D eigenvalue weighted by molar-refractivity contribution is 5.84. The minimum atomic E-state index is -1.03. The zero-order chi connectivity index (χ0) is 14.4. The molecule has 0 aromatic heterocycles. The van der Waals surface area contributed by atoms with Gasteiger partial charge in [-0.1, -0.05) is 30.3 Å². The lowest BCUT2D eigenvalue weighted by atomic mass is 9.94. The second-order valence-corrected chi connectivity index (χ2v) is 5.15. The number of carbonyl (C=O) groups is 2. The highest BCUT2D eigenvalue weighted by Gasteiger charge is 2.24. The molecule has 0 bridgehead atoms. The monoisotopic (exact) mass is 276 g/mol. The van der Waals surface area contributed by atoms with Crippen LogP contribution in [0.15, 0.2) is 30.3 Å². The average molecular weight is 276 g/mol. The first-order valence-corrected chi connectivity index (χ1v) is 6.94. The number of rotatable bonds is 5. The Balaban J connectivity index is 1.94. The predicted octanol–water partition coefficient (Wildman–Crippen LogP) is 1.32. The van der Waals surface area contributed by atoms with Crippen LogP contribution in [0.2, 0.25) is 0 Å². The molecule has 0 aliphatic carbocycles. The molecule has 108 valence electrons. The molecule has 1 aromatic carbocycles. The van der Waals surface area contributed by atoms with Crippen molar-refractivity contribution in [2.45, 2.75) is 25.3 Å². The molecule has 1 heterocycles. The summed E-state index contributed by atoms with van der Waals surface area (Å²) in [4.78, 5) is 23.3. The zero-order valence-electron chi connectivity index (χ0n) is 11.3. The van der Waals surface area contributed by atoms with Crippen LogP contribution in [-0.2, 0) is 9.59 Å². The number of amides is 1. The second-order valence-electron chi connectivity index (χ2n) is 5.15. The molecule has 5 nitrogen and oxygen atoms in total. The van der Waals surface area contributed by atoms with Crippen LogP contribution in [-0.4, -0.2) is 30.1 Å². The topological polar surface area (TPSA) is 78.4 Å². The molecule has 1 saturated heterocycles. The van der Waals surface area contributed by atoms with Gasteiger partial charge in [0.25, 0.3) is 0 Å². The van der Waals surface area contributed by atoms with Crippen molar-refractivity contribution >= 4 is 11.9 Å². The zero-order valence-corrected chi connectivity index (χ0v) is 11.3. The van der Waals surface area contributed by atoms with E-state index >= 15 is 0 Å². The Hall–Kier alpha value is -1.88. The number of benzene rings is 1. The summed E-state index contributed by atoms with van der Waals surface area (Å²) >= 11 is 0. The molecule has 0 spiro atoms. The number of aliphatic carboxylic acids is 1. The summed E-state index contributed by atoms with van der Waals surface area (Å²) in [5.41, 5.74) is 0.596. The van der Waals surface area contributed by atoms with Crippen molar-refractivity contribution in [2.75, 3.05) is 13.1 Å². The summed E-state index contributed by atoms with van der Waals surface area (Å²) in [6, 6.07) is 7.81. The van der Waals surface area contributed by atoms with E-state index in [1.54, 1.807) is 24.3 Å². The lowest BCUT2D eigenvalue weighted by molar-refractivity contribution is -0.142. The van der Waals surface area contributed by atoms with E-state index in [4.69, 9.17) is 0 Å². The van der Waals surface area contributed by atoms with Crippen LogP contribution in [0.25, 0.3) is 0 Å². The molecule has 5 heteroatoms. The maximum absolute atomic E-state index is 12.0. The number of hydrogen-bond acceptors (Lipinski definition) is 3. The van der Waals surface area contributed by atoms with Crippen LogP contribution in [0.3, 0.4) is 0 Å². The van der Waals surface area contributed by atoms with Crippen molar-refractivity contribution in [1.29, 1.82) is 0 Å². The number of nitrogens with one attached hydrogen (secondary N) is 2. The predicted molar refractivity (Wildman–Crippen MR) is 75.2 cm³/mol. The summed E-state index contributed by atoms with van der Waals surface area (Å²) in [6.45, 7) is 1.86. The van der Waals surface area contributed by atoms with E-state index in [0.717, 1.165) is 25.9 Å². The first-order valence-electron chi connectivity index (χ1n) is 6.94. The van der Waals surface area contributed by atoms with Gasteiger partial charge in [-0.15, -0.1) is 0 Å². The number of carbonyl (C=O) groups excluding carboxylic acids is 1. The fourth-order valence-corrected chi connectivity index (χ4v) is 2.50. The molecular formula is C15H20N2O3. The van der Waals surface area contributed by atoms with Crippen LogP contribution < -0.4 is 10.6 Å². The Morgan fingerprint density at radius 2 is 1.90 bits per heavy atom. The molecule has 0 saturated carbocycles. The molecule has 0 unspecified atom stereocenters. The molecule has 1 aliphatic heterocycles. The van der Waals surface area contributed by atoms with Gasteiger partial charge in [0, 0.05) is 6.42 Å². The van der Waals surface area contributed by atoms with Crippen molar-refractivity contribution in [3.05, 3.63) is 35.9 Å². The molecule has 1 amide bonds. The normalized spacial score (nSPS) is 17.4. The van der Waals surface area contributed by atoms with E-state index in [1.807, 2.05) is 6.07 Å². The van der Waals surface area contributed by atoms with Crippen molar-refractivity contribution in [3.8, 4) is 0 Å². The molecule has 2 rings (SSSR count). The largest absolute Gasteiger partial charge is 0.479 e. The summed E-state index contributed by atoms with van der Waals surface area (Å²) < 4.78 is 0. The highest BCUT2D eigenvalue weighted by Crippen LogP contribution is 2.18. The van der Waals surface area contributed by atoms with Crippen LogP contribution >= 0.6 is 0 Å². The van der Waals surface area contributed by atoms with Crippen molar-refractivity contribution < 1.29 is 14.7 Å². The highest BCUT2D eigenvalue weighted by atomic mass is 16.4.